The van der Waals surface area contributed by atoms with Crippen LogP contribution in [0.5, 0.6) is 17.2 Å². The van der Waals surface area contributed by atoms with Gasteiger partial charge in [0, 0.05) is 25.2 Å². The molecule has 0 amide bonds. The molecule has 1 aliphatic heterocycles. The summed E-state index contributed by atoms with van der Waals surface area (Å²) < 4.78 is 16.3. The number of benzene rings is 1. The average Bonchev–Trinajstić information content (AvgIpc) is 2.46. The number of methoxy groups -OCH3 is 3. The molecule has 0 spiro atoms. The zero-order chi connectivity index (χ0) is 14.7. The third-order valence-electron chi connectivity index (χ3n) is 3.44. The van der Waals surface area contributed by atoms with Gasteiger partial charge in [-0.1, -0.05) is 22.0 Å². The summed E-state index contributed by atoms with van der Waals surface area (Å²) in [4.78, 5) is 2.50. The number of likely N-dealkylation sites (N-methyl/N-ethyl adjacent to an activating group) is 1. The Morgan fingerprint density at radius 2 is 1.70 bits per heavy atom. The first kappa shape index (κ1) is 15.2. The van der Waals surface area contributed by atoms with Crippen molar-refractivity contribution in [2.75, 3.05) is 41.5 Å². The van der Waals surface area contributed by atoms with Crippen molar-refractivity contribution in [1.29, 1.82) is 0 Å². The van der Waals surface area contributed by atoms with E-state index >= 15 is 0 Å². The molecule has 0 unspecified atom stereocenters. The van der Waals surface area contributed by atoms with Gasteiger partial charge in [0.15, 0.2) is 0 Å². The van der Waals surface area contributed by atoms with Gasteiger partial charge in [-0.15, -0.1) is 0 Å². The number of nitrogens with zero attached hydrogens (tertiary/aromatic N) is 1. The van der Waals surface area contributed by atoms with E-state index in [0.717, 1.165) is 35.9 Å². The zero-order valence-corrected chi connectivity index (χ0v) is 13.9. The van der Waals surface area contributed by atoms with Crippen LogP contribution in [0.3, 0.4) is 0 Å². The molecule has 0 saturated heterocycles. The van der Waals surface area contributed by atoms with Gasteiger partial charge in [-0.3, -0.25) is 0 Å². The fourth-order valence-corrected chi connectivity index (χ4v) is 3.29. The maximum atomic E-state index is 5.52. The third-order valence-corrected chi connectivity index (χ3v) is 4.22. The molecule has 0 N–H and O–H groups in total. The summed E-state index contributed by atoms with van der Waals surface area (Å²) >= 11 is 3.74. The quantitative estimate of drug-likeness (QED) is 0.788. The Kier molecular flexibility index (Phi) is 4.94. The monoisotopic (exact) mass is 341 g/mol. The van der Waals surface area contributed by atoms with E-state index in [0.29, 0.717) is 0 Å². The van der Waals surface area contributed by atoms with Gasteiger partial charge in [-0.05, 0) is 12.6 Å². The Labute approximate surface area is 128 Å². The molecule has 4 nitrogen and oxygen atoms in total. The Hall–Kier alpha value is -1.20. The van der Waals surface area contributed by atoms with E-state index in [9.17, 15) is 0 Å². The molecule has 1 aromatic carbocycles. The molecule has 0 aliphatic carbocycles. The van der Waals surface area contributed by atoms with Crippen LogP contribution < -0.4 is 14.2 Å². The van der Waals surface area contributed by atoms with Gasteiger partial charge in [0.1, 0.15) is 17.2 Å². The molecule has 20 heavy (non-hydrogen) atoms. The Morgan fingerprint density at radius 3 is 2.15 bits per heavy atom. The van der Waals surface area contributed by atoms with Crippen molar-refractivity contribution in [1.82, 2.24) is 4.90 Å². The molecule has 110 valence electrons. The Bertz CT molecular complexity index is 491. The van der Waals surface area contributed by atoms with Crippen molar-refractivity contribution in [3.05, 3.63) is 23.8 Å². The first-order chi connectivity index (χ1) is 9.60. The summed E-state index contributed by atoms with van der Waals surface area (Å²) in [6, 6.07) is 3.77. The minimum absolute atomic E-state index is 0.248. The van der Waals surface area contributed by atoms with Crippen molar-refractivity contribution in [2.45, 2.75) is 4.83 Å². The van der Waals surface area contributed by atoms with E-state index in [2.05, 4.69) is 34.0 Å². The molecular weight excluding hydrogens is 322 g/mol. The predicted octanol–water partition coefficient (Wildman–Crippen LogP) is 2.80. The molecule has 0 saturated carbocycles. The topological polar surface area (TPSA) is 30.9 Å². The second-order valence-electron chi connectivity index (χ2n) is 4.76. The zero-order valence-electron chi connectivity index (χ0n) is 12.3. The van der Waals surface area contributed by atoms with Crippen LogP contribution >= 0.6 is 15.9 Å². The van der Waals surface area contributed by atoms with E-state index in [4.69, 9.17) is 14.2 Å². The number of hydrogen-bond donors (Lipinski definition) is 0. The molecule has 5 heteroatoms. The summed E-state index contributed by atoms with van der Waals surface area (Å²) in [6.45, 7) is 1.86. The van der Waals surface area contributed by atoms with Gasteiger partial charge >= 0.3 is 0 Å². The van der Waals surface area contributed by atoms with Crippen molar-refractivity contribution in [3.8, 4) is 17.2 Å². The first-order valence-electron chi connectivity index (χ1n) is 6.43. The Balaban J connectivity index is 2.54. The molecule has 1 atom stereocenters. The number of hydrogen-bond acceptors (Lipinski definition) is 4. The van der Waals surface area contributed by atoms with E-state index in [1.165, 1.54) is 5.57 Å². The van der Waals surface area contributed by atoms with Crippen LogP contribution in [0.1, 0.15) is 5.56 Å². The van der Waals surface area contributed by atoms with Gasteiger partial charge in [-0.25, -0.2) is 0 Å². The lowest BCUT2D eigenvalue weighted by Crippen LogP contribution is -2.31. The Morgan fingerprint density at radius 1 is 1.10 bits per heavy atom. The maximum absolute atomic E-state index is 5.52. The van der Waals surface area contributed by atoms with Crippen LogP contribution in [0.2, 0.25) is 0 Å². The predicted molar refractivity (Wildman–Crippen MR) is 84.3 cm³/mol. The van der Waals surface area contributed by atoms with Crippen LogP contribution in [0.15, 0.2) is 18.2 Å². The van der Waals surface area contributed by atoms with E-state index in [1.807, 2.05) is 12.1 Å². The molecule has 2 rings (SSSR count). The molecule has 1 heterocycles. The smallest absolute Gasteiger partial charge is 0.133 e. The third kappa shape index (κ3) is 2.94. The summed E-state index contributed by atoms with van der Waals surface area (Å²) in [5.41, 5.74) is 2.19. The van der Waals surface area contributed by atoms with Gasteiger partial charge in [0.25, 0.3) is 0 Å². The van der Waals surface area contributed by atoms with Crippen molar-refractivity contribution in [3.63, 3.8) is 0 Å². The maximum Gasteiger partial charge on any atom is 0.133 e. The highest BCUT2D eigenvalue weighted by atomic mass is 79.9. The molecule has 1 aliphatic rings. The fourth-order valence-electron chi connectivity index (χ4n) is 2.38. The van der Waals surface area contributed by atoms with Gasteiger partial charge in [-0.2, -0.15) is 0 Å². The van der Waals surface area contributed by atoms with Crippen molar-refractivity contribution >= 4 is 21.5 Å². The summed E-state index contributed by atoms with van der Waals surface area (Å²) in [5, 5.41) is 0. The van der Waals surface area contributed by atoms with Crippen molar-refractivity contribution in [2.24, 2.45) is 0 Å². The number of alkyl halides is 1. The van der Waals surface area contributed by atoms with Gasteiger partial charge in [0.2, 0.25) is 0 Å². The second kappa shape index (κ2) is 6.50. The number of ether oxygens (including phenoxy) is 3. The van der Waals surface area contributed by atoms with Crippen LogP contribution in [0.25, 0.3) is 5.57 Å². The molecule has 0 bridgehead atoms. The first-order valence-corrected chi connectivity index (χ1v) is 7.35. The highest BCUT2D eigenvalue weighted by molar-refractivity contribution is 9.09. The van der Waals surface area contributed by atoms with Gasteiger partial charge < -0.3 is 19.1 Å². The lowest BCUT2D eigenvalue weighted by Gasteiger charge is -2.28. The molecule has 1 aromatic rings. The summed E-state index contributed by atoms with van der Waals surface area (Å²) in [6.07, 6.45) is 2.20. The van der Waals surface area contributed by atoms with Crippen LogP contribution in [0.4, 0.5) is 0 Å². The SMILES string of the molecule is COc1cc(OC)c(C2=CCN(C)C[C@@H]2Br)c(OC)c1. The van der Waals surface area contributed by atoms with E-state index < -0.39 is 0 Å². The van der Waals surface area contributed by atoms with Crippen LogP contribution in [0, 0.1) is 0 Å². The lowest BCUT2D eigenvalue weighted by atomic mass is 9.97. The minimum Gasteiger partial charge on any atom is -0.496 e. The normalized spacial score (nSPS) is 19.4. The van der Waals surface area contributed by atoms with Crippen molar-refractivity contribution < 1.29 is 14.2 Å². The van der Waals surface area contributed by atoms with E-state index in [1.54, 1.807) is 21.3 Å². The minimum atomic E-state index is 0.248. The lowest BCUT2D eigenvalue weighted by molar-refractivity contribution is 0.366. The van der Waals surface area contributed by atoms with Crippen LogP contribution in [-0.2, 0) is 0 Å². The number of rotatable bonds is 4. The fraction of sp³-hybridized carbons (Fsp3) is 0.467. The molecule has 0 fully saturated rings. The average molecular weight is 342 g/mol. The molecule has 0 aromatic heterocycles. The highest BCUT2D eigenvalue weighted by Crippen LogP contribution is 2.42. The summed E-state index contributed by atoms with van der Waals surface area (Å²) in [5.74, 6) is 2.25. The van der Waals surface area contributed by atoms with Crippen LogP contribution in [-0.4, -0.2) is 51.2 Å². The number of halogens is 1. The van der Waals surface area contributed by atoms with E-state index in [-0.39, 0.29) is 4.83 Å². The summed E-state index contributed by atoms with van der Waals surface area (Å²) in [7, 11) is 7.06. The molecule has 0 radical (unpaired) electrons. The highest BCUT2D eigenvalue weighted by Gasteiger charge is 2.25. The van der Waals surface area contributed by atoms with Gasteiger partial charge in [0.05, 0.1) is 31.7 Å². The largest absolute Gasteiger partial charge is 0.496 e. The molecular formula is C15H20BrNO3. The second-order valence-corrected chi connectivity index (χ2v) is 5.86. The standard InChI is InChI=1S/C15H20BrNO3/c1-17-6-5-11(12(16)9-17)15-13(19-3)7-10(18-2)8-14(15)20-4/h5,7-8,12H,6,9H2,1-4H3/t12-/m0/s1.